The first-order chi connectivity index (χ1) is 31.9. The fraction of sp³-hybridized carbons (Fsp3) is 0.0476. The molecule has 11 aromatic rings. The zero-order valence-corrected chi connectivity index (χ0v) is 36.4. The highest BCUT2D eigenvalue weighted by atomic mass is 16.3. The second kappa shape index (κ2) is 15.6. The predicted octanol–water partition coefficient (Wildman–Crippen LogP) is 17.7. The molecule has 1 aromatic heterocycles. The Bertz CT molecular complexity index is 3380. The van der Waals surface area contributed by atoms with E-state index in [1.165, 1.54) is 72.3 Å². The van der Waals surface area contributed by atoms with Crippen LogP contribution in [0.4, 0.5) is 17.1 Å². The van der Waals surface area contributed by atoms with Crippen LogP contribution in [-0.2, 0) is 5.41 Å². The zero-order valence-electron chi connectivity index (χ0n) is 36.4. The lowest BCUT2D eigenvalue weighted by molar-refractivity contribution is 0.660. The lowest BCUT2D eigenvalue weighted by Crippen LogP contribution is -2.16. The minimum absolute atomic E-state index is 0.225. The summed E-state index contributed by atoms with van der Waals surface area (Å²) in [5.41, 5.74) is 22.2. The van der Waals surface area contributed by atoms with E-state index >= 15 is 0 Å². The third kappa shape index (κ3) is 6.83. The van der Waals surface area contributed by atoms with E-state index in [4.69, 9.17) is 4.42 Å². The van der Waals surface area contributed by atoms with Crippen molar-refractivity contribution in [2.75, 3.05) is 4.90 Å². The van der Waals surface area contributed by atoms with Crippen LogP contribution in [0.25, 0.3) is 88.7 Å². The van der Waals surface area contributed by atoms with Gasteiger partial charge in [-0.05, 0) is 139 Å². The number of furan rings is 1. The molecular formula is C63H45NO. The largest absolute Gasteiger partial charge is 0.456 e. The third-order valence-corrected chi connectivity index (χ3v) is 13.5. The van der Waals surface area contributed by atoms with Crippen LogP contribution in [0.2, 0.25) is 0 Å². The third-order valence-electron chi connectivity index (χ3n) is 13.5. The molecule has 1 aliphatic carbocycles. The highest BCUT2D eigenvalue weighted by molar-refractivity contribution is 6.06. The van der Waals surface area contributed by atoms with Gasteiger partial charge in [-0.1, -0.05) is 190 Å². The molecule has 0 aliphatic heterocycles. The van der Waals surface area contributed by atoms with Gasteiger partial charge < -0.3 is 9.32 Å². The van der Waals surface area contributed by atoms with E-state index in [1.54, 1.807) is 0 Å². The molecule has 0 bridgehead atoms. The Morgan fingerprint density at radius 2 is 0.662 bits per heavy atom. The maximum absolute atomic E-state index is 6.30. The first kappa shape index (κ1) is 38.5. The molecule has 2 heteroatoms. The number of rotatable bonds is 8. The Balaban J connectivity index is 0.896. The summed E-state index contributed by atoms with van der Waals surface area (Å²) in [6, 6.07) is 85.8. The average Bonchev–Trinajstić information content (AvgIpc) is 3.85. The zero-order chi connectivity index (χ0) is 43.5. The monoisotopic (exact) mass is 831 g/mol. The number of benzene rings is 10. The Morgan fingerprint density at radius 3 is 1.20 bits per heavy atom. The van der Waals surface area contributed by atoms with Crippen molar-refractivity contribution in [1.29, 1.82) is 0 Å². The molecule has 12 rings (SSSR count). The molecule has 0 fully saturated rings. The SMILES string of the molecule is CC1(C)c2cc(-c3ccc4c(c3)oc3ccccc34)ccc2-c2ccc(N(c3ccc(-c4ccc(-c5ccccc5)cc4)cc3)c3ccc(-c4ccc(-c5ccccc5)cc4)cc3)cc21. The van der Waals surface area contributed by atoms with Crippen LogP contribution in [0.3, 0.4) is 0 Å². The molecule has 1 aliphatic rings. The Kier molecular flexibility index (Phi) is 9.21. The minimum atomic E-state index is -0.225. The van der Waals surface area contributed by atoms with Crippen LogP contribution in [0.15, 0.2) is 241 Å². The average molecular weight is 832 g/mol. The van der Waals surface area contributed by atoms with Gasteiger partial charge >= 0.3 is 0 Å². The summed E-state index contributed by atoms with van der Waals surface area (Å²) < 4.78 is 6.30. The van der Waals surface area contributed by atoms with Crippen molar-refractivity contribution in [3.8, 4) is 66.8 Å². The highest BCUT2D eigenvalue weighted by Crippen LogP contribution is 2.52. The molecule has 0 saturated heterocycles. The molecular weight excluding hydrogens is 787 g/mol. The number of fused-ring (bicyclic) bond motifs is 6. The normalized spacial score (nSPS) is 12.6. The first-order valence-electron chi connectivity index (χ1n) is 22.5. The summed E-state index contributed by atoms with van der Waals surface area (Å²) >= 11 is 0. The van der Waals surface area contributed by atoms with Gasteiger partial charge in [0, 0.05) is 33.2 Å². The quantitative estimate of drug-likeness (QED) is 0.152. The summed E-state index contributed by atoms with van der Waals surface area (Å²) in [6.45, 7) is 4.74. The molecule has 0 amide bonds. The van der Waals surface area contributed by atoms with Crippen LogP contribution < -0.4 is 4.90 Å². The summed E-state index contributed by atoms with van der Waals surface area (Å²) in [5, 5.41) is 2.30. The molecule has 2 nitrogen and oxygen atoms in total. The molecule has 10 aromatic carbocycles. The van der Waals surface area contributed by atoms with Crippen LogP contribution in [0.5, 0.6) is 0 Å². The van der Waals surface area contributed by atoms with Gasteiger partial charge in [-0.25, -0.2) is 0 Å². The molecule has 1 heterocycles. The molecule has 0 N–H and O–H groups in total. The summed E-state index contributed by atoms with van der Waals surface area (Å²) in [6.07, 6.45) is 0. The summed E-state index contributed by atoms with van der Waals surface area (Å²) in [7, 11) is 0. The first-order valence-corrected chi connectivity index (χ1v) is 22.5. The van der Waals surface area contributed by atoms with Crippen molar-refractivity contribution in [3.05, 3.63) is 248 Å². The Hall–Kier alpha value is -8.20. The van der Waals surface area contributed by atoms with Crippen LogP contribution in [0.1, 0.15) is 25.0 Å². The second-order valence-corrected chi connectivity index (χ2v) is 17.7. The lowest BCUT2D eigenvalue weighted by Gasteiger charge is -2.28. The molecule has 308 valence electrons. The van der Waals surface area contributed by atoms with Crippen molar-refractivity contribution < 1.29 is 4.42 Å². The van der Waals surface area contributed by atoms with E-state index in [-0.39, 0.29) is 5.41 Å². The van der Waals surface area contributed by atoms with Crippen LogP contribution >= 0.6 is 0 Å². The van der Waals surface area contributed by atoms with Crippen molar-refractivity contribution in [2.24, 2.45) is 0 Å². The molecule has 0 saturated carbocycles. The van der Waals surface area contributed by atoms with Crippen molar-refractivity contribution in [2.45, 2.75) is 19.3 Å². The Morgan fingerprint density at radius 1 is 0.292 bits per heavy atom. The van der Waals surface area contributed by atoms with Crippen molar-refractivity contribution in [1.82, 2.24) is 0 Å². The number of anilines is 3. The van der Waals surface area contributed by atoms with Crippen LogP contribution in [-0.4, -0.2) is 0 Å². The maximum atomic E-state index is 6.30. The van der Waals surface area contributed by atoms with E-state index < -0.39 is 0 Å². The van der Waals surface area contributed by atoms with Gasteiger partial charge in [0.2, 0.25) is 0 Å². The summed E-state index contributed by atoms with van der Waals surface area (Å²) in [4.78, 5) is 2.40. The van der Waals surface area contributed by atoms with Gasteiger partial charge in [0.05, 0.1) is 0 Å². The fourth-order valence-corrected chi connectivity index (χ4v) is 9.97. The topological polar surface area (TPSA) is 16.4 Å². The minimum Gasteiger partial charge on any atom is -0.456 e. The fourth-order valence-electron chi connectivity index (χ4n) is 9.97. The molecule has 0 unspecified atom stereocenters. The van der Waals surface area contributed by atoms with Gasteiger partial charge in [-0.3, -0.25) is 0 Å². The van der Waals surface area contributed by atoms with E-state index in [2.05, 4.69) is 243 Å². The maximum Gasteiger partial charge on any atom is 0.136 e. The van der Waals surface area contributed by atoms with Crippen molar-refractivity contribution in [3.63, 3.8) is 0 Å². The van der Waals surface area contributed by atoms with E-state index in [9.17, 15) is 0 Å². The van der Waals surface area contributed by atoms with Crippen LogP contribution in [0, 0.1) is 0 Å². The molecule has 65 heavy (non-hydrogen) atoms. The second-order valence-electron chi connectivity index (χ2n) is 17.7. The smallest absolute Gasteiger partial charge is 0.136 e. The predicted molar refractivity (Wildman–Crippen MR) is 273 cm³/mol. The molecule has 0 atom stereocenters. The van der Waals surface area contributed by atoms with Gasteiger partial charge in [0.1, 0.15) is 11.2 Å². The standard InChI is InChI=1S/C63H45NO/c1-63(2)59-39-50(51-30-37-58-57-15-9-10-16-61(57)65-62(58)40-51)29-36-55(59)56-38-35-54(41-60(56)63)64(52-31-25-48(26-32-52)46-21-17-44(18-22-46)42-11-5-3-6-12-42)53-33-27-49(28-34-53)47-23-19-45(20-24-47)43-13-7-4-8-14-43/h3-41H,1-2H3. The van der Waals surface area contributed by atoms with E-state index in [0.29, 0.717) is 0 Å². The lowest BCUT2D eigenvalue weighted by atomic mass is 9.81. The van der Waals surface area contributed by atoms with E-state index in [0.717, 1.165) is 44.6 Å². The van der Waals surface area contributed by atoms with Gasteiger partial charge in [-0.15, -0.1) is 0 Å². The number of hydrogen-bond donors (Lipinski definition) is 0. The van der Waals surface area contributed by atoms with Gasteiger partial charge in [-0.2, -0.15) is 0 Å². The summed E-state index contributed by atoms with van der Waals surface area (Å²) in [5.74, 6) is 0. The molecule has 0 spiro atoms. The van der Waals surface area contributed by atoms with Crippen molar-refractivity contribution >= 4 is 39.0 Å². The van der Waals surface area contributed by atoms with Gasteiger partial charge in [0.25, 0.3) is 0 Å². The Labute approximate surface area is 380 Å². The molecule has 0 radical (unpaired) electrons. The number of nitrogens with zero attached hydrogens (tertiary/aromatic N) is 1. The highest BCUT2D eigenvalue weighted by Gasteiger charge is 2.36. The van der Waals surface area contributed by atoms with E-state index in [1.807, 2.05) is 12.1 Å². The van der Waals surface area contributed by atoms with Gasteiger partial charge in [0.15, 0.2) is 0 Å². The number of para-hydroxylation sites is 1. The number of hydrogen-bond acceptors (Lipinski definition) is 2.